The Morgan fingerprint density at radius 2 is 2.05 bits per heavy atom. The molecule has 0 aliphatic heterocycles. The zero-order valence-electron chi connectivity index (χ0n) is 11.4. The van der Waals surface area contributed by atoms with Gasteiger partial charge in [0.2, 0.25) is 5.88 Å². The lowest BCUT2D eigenvalue weighted by Gasteiger charge is -2.14. The number of ether oxygens (including phenoxy) is 1. The van der Waals surface area contributed by atoms with E-state index < -0.39 is 22.2 Å². The average Bonchev–Trinajstić information content (AvgIpc) is 2.53. The van der Waals surface area contributed by atoms with Gasteiger partial charge in [0.25, 0.3) is 5.36 Å². The molecule has 0 spiro atoms. The Labute approximate surface area is 124 Å². The number of methoxy groups -OCH3 is 1. The molecule has 1 aromatic heterocycles. The molecule has 0 atom stereocenters. The van der Waals surface area contributed by atoms with E-state index in [2.05, 4.69) is 15.3 Å². The summed E-state index contributed by atoms with van der Waals surface area (Å²) in [5, 5.41) is 35.5. The molecule has 0 aliphatic carbocycles. The van der Waals surface area contributed by atoms with Gasteiger partial charge in [-0.25, -0.2) is 10.2 Å². The number of anilines is 1. The molecule has 22 heavy (non-hydrogen) atoms. The number of carbonyl (C=O) groups is 1. The topological polar surface area (TPSA) is 138 Å². The van der Waals surface area contributed by atoms with E-state index in [1.807, 2.05) is 5.43 Å². The first kappa shape index (κ1) is 15.0. The number of para-hydroxylation sites is 1. The molecule has 0 fully saturated rings. The van der Waals surface area contributed by atoms with Crippen molar-refractivity contribution >= 4 is 11.8 Å². The van der Waals surface area contributed by atoms with E-state index in [9.17, 15) is 20.3 Å². The van der Waals surface area contributed by atoms with E-state index in [0.717, 1.165) is 18.0 Å². The summed E-state index contributed by atoms with van der Waals surface area (Å²) in [4.78, 5) is 10.3. The Morgan fingerprint density at radius 3 is 2.64 bits per heavy atom. The fourth-order valence-electron chi connectivity index (χ4n) is 1.63. The van der Waals surface area contributed by atoms with Crippen molar-refractivity contribution in [2.45, 2.75) is 0 Å². The van der Waals surface area contributed by atoms with Crippen LogP contribution in [-0.4, -0.2) is 28.1 Å². The number of nitrogens with zero attached hydrogens (tertiary/aromatic N) is 3. The van der Waals surface area contributed by atoms with Gasteiger partial charge in [-0.05, 0) is 12.1 Å². The number of hydrogen-bond donors (Lipinski definition) is 3. The summed E-state index contributed by atoms with van der Waals surface area (Å²) in [5.74, 6) is -0.545. The molecule has 1 heterocycles. The largest absolute Gasteiger partial charge is 0.612 e. The van der Waals surface area contributed by atoms with Crippen LogP contribution in [0.5, 0.6) is 5.88 Å². The molecule has 0 saturated heterocycles. The van der Waals surface area contributed by atoms with Gasteiger partial charge in [0.15, 0.2) is 5.69 Å². The zero-order valence-corrected chi connectivity index (χ0v) is 11.4. The van der Waals surface area contributed by atoms with Crippen LogP contribution in [0.25, 0.3) is 5.69 Å². The van der Waals surface area contributed by atoms with Crippen molar-refractivity contribution in [1.29, 1.82) is 0 Å². The highest BCUT2D eigenvalue weighted by Gasteiger charge is 2.15. The van der Waals surface area contributed by atoms with Crippen molar-refractivity contribution in [2.24, 2.45) is 0 Å². The molecule has 2 rings (SSSR count). The van der Waals surface area contributed by atoms with Crippen molar-refractivity contribution in [2.75, 3.05) is 12.5 Å². The minimum Gasteiger partial charge on any atom is -0.612 e. The Hall–Kier alpha value is -3.43. The summed E-state index contributed by atoms with van der Waals surface area (Å²) in [7, 11) is 1.13. The van der Waals surface area contributed by atoms with Crippen LogP contribution in [0.4, 0.5) is 10.5 Å². The third-order valence-corrected chi connectivity index (χ3v) is 2.65. The standard InChI is InChI=1S/C12H12N5O5/c1-22-12(19)15-14-10-9(17(20)21)7-13-16(11(10)18)8-5-3-2-4-6-8/h2-7,14H,1H3,(H2-,13,15,18,19,20,21)/q-1. The molecule has 0 bridgehead atoms. The number of hydrogen-bond acceptors (Lipinski definition) is 7. The molecular formula is C12H12N5O5-. The predicted molar refractivity (Wildman–Crippen MR) is 76.4 cm³/mol. The maximum absolute atomic E-state index is 11.1. The van der Waals surface area contributed by atoms with Crippen molar-refractivity contribution < 1.29 is 14.6 Å². The summed E-state index contributed by atoms with van der Waals surface area (Å²) >= 11 is 0. The van der Waals surface area contributed by atoms with E-state index in [1.54, 1.807) is 30.3 Å². The van der Waals surface area contributed by atoms with Crippen LogP contribution in [-0.2, 0) is 4.74 Å². The maximum Gasteiger partial charge on any atom is 0.425 e. The summed E-state index contributed by atoms with van der Waals surface area (Å²) in [5.41, 5.74) is 4.45. The van der Waals surface area contributed by atoms with Crippen LogP contribution in [0, 0.1) is 10.4 Å². The van der Waals surface area contributed by atoms with Gasteiger partial charge in [-0.2, -0.15) is 14.7 Å². The number of rotatable bonds is 3. The minimum absolute atomic E-state index is 0.325. The lowest BCUT2D eigenvalue weighted by Crippen LogP contribution is -2.35. The lowest BCUT2D eigenvalue weighted by atomic mass is 10.3. The van der Waals surface area contributed by atoms with Gasteiger partial charge in [0.1, 0.15) is 6.20 Å². The summed E-state index contributed by atoms with van der Waals surface area (Å²) in [6, 6.07) is 8.49. The monoisotopic (exact) mass is 306 g/mol. The third kappa shape index (κ3) is 3.00. The summed E-state index contributed by atoms with van der Waals surface area (Å²) in [6.45, 7) is 0. The molecular weight excluding hydrogens is 294 g/mol. The second-order valence-corrected chi connectivity index (χ2v) is 3.97. The number of hydrazine groups is 1. The van der Waals surface area contributed by atoms with Gasteiger partial charge in [0.05, 0.1) is 12.8 Å². The second kappa shape index (κ2) is 6.35. The van der Waals surface area contributed by atoms with Crippen LogP contribution in [0.2, 0.25) is 0 Å². The first-order valence-corrected chi connectivity index (χ1v) is 5.98. The highest BCUT2D eigenvalue weighted by Crippen LogP contribution is 2.20. The Balaban J connectivity index is 2.53. The van der Waals surface area contributed by atoms with Gasteiger partial charge in [-0.15, -0.1) is 0 Å². The summed E-state index contributed by atoms with van der Waals surface area (Å²) in [6.07, 6.45) is 0.0744. The summed E-state index contributed by atoms with van der Waals surface area (Å²) < 4.78 is 5.42. The van der Waals surface area contributed by atoms with E-state index in [1.165, 1.54) is 0 Å². The molecule has 2 aromatic rings. The first-order valence-electron chi connectivity index (χ1n) is 5.98. The van der Waals surface area contributed by atoms with Gasteiger partial charge >= 0.3 is 6.09 Å². The molecule has 10 heteroatoms. The molecule has 1 aromatic carbocycles. The van der Waals surface area contributed by atoms with Crippen molar-refractivity contribution in [1.82, 2.24) is 20.1 Å². The third-order valence-electron chi connectivity index (χ3n) is 2.65. The number of aromatic hydroxyl groups is 1. The van der Waals surface area contributed by atoms with Crippen LogP contribution in [0.15, 0.2) is 36.5 Å². The van der Waals surface area contributed by atoms with E-state index in [4.69, 9.17) is 0 Å². The lowest BCUT2D eigenvalue weighted by molar-refractivity contribution is 0.173. The Morgan fingerprint density at radius 1 is 1.36 bits per heavy atom. The van der Waals surface area contributed by atoms with Gasteiger partial charge in [-0.1, -0.05) is 18.2 Å². The Bertz CT molecular complexity index is 739. The molecule has 3 N–H and O–H groups in total. The van der Waals surface area contributed by atoms with Crippen LogP contribution in [0.1, 0.15) is 0 Å². The van der Waals surface area contributed by atoms with Gasteiger partial charge < -0.3 is 20.3 Å². The molecule has 0 saturated carbocycles. The van der Waals surface area contributed by atoms with Gasteiger partial charge in [-0.3, -0.25) is 5.43 Å². The molecule has 0 radical (unpaired) electrons. The number of benzene rings is 1. The van der Waals surface area contributed by atoms with E-state index in [0.29, 0.717) is 5.69 Å². The average molecular weight is 306 g/mol. The smallest absolute Gasteiger partial charge is 0.425 e. The number of nitrogens with one attached hydrogen (secondary N) is 2. The quantitative estimate of drug-likeness (QED) is 0.680. The molecule has 0 aliphatic rings. The Kier molecular flexibility index (Phi) is 4.32. The molecule has 1 amide bonds. The van der Waals surface area contributed by atoms with E-state index in [-0.39, 0.29) is 5.69 Å². The van der Waals surface area contributed by atoms with Crippen LogP contribution in [0.3, 0.4) is 0 Å². The van der Waals surface area contributed by atoms with Crippen molar-refractivity contribution in [3.63, 3.8) is 0 Å². The molecule has 116 valence electrons. The fraction of sp³-hybridized carbons (Fsp3) is 0.0833. The highest BCUT2D eigenvalue weighted by molar-refractivity contribution is 5.69. The first-order chi connectivity index (χ1) is 10.5. The van der Waals surface area contributed by atoms with Crippen LogP contribution < -0.4 is 21.1 Å². The number of amides is 1. The van der Waals surface area contributed by atoms with Gasteiger partial charge in [0, 0.05) is 0 Å². The van der Waals surface area contributed by atoms with Crippen molar-refractivity contribution in [3.8, 4) is 11.6 Å². The zero-order chi connectivity index (χ0) is 16.1. The highest BCUT2D eigenvalue weighted by atomic mass is 16.8. The number of carbonyl (C=O) groups excluding carboxylic acids is 1. The minimum atomic E-state index is -0.878. The normalized spacial score (nSPS) is 9.86. The van der Waals surface area contributed by atoms with E-state index >= 15 is 0 Å². The molecule has 0 unspecified atom stereocenters. The molecule has 10 nitrogen and oxygen atoms in total. The predicted octanol–water partition coefficient (Wildman–Crippen LogP) is 0.0286. The number of aromatic nitrogens is 2. The second-order valence-electron chi connectivity index (χ2n) is 3.97. The maximum atomic E-state index is 11.1. The van der Waals surface area contributed by atoms with Crippen molar-refractivity contribution in [3.05, 3.63) is 52.3 Å². The fourth-order valence-corrected chi connectivity index (χ4v) is 1.63. The van der Waals surface area contributed by atoms with Crippen LogP contribution >= 0.6 is 0 Å². The SMILES string of the molecule is COC(=O)NNc1c(O)n(-c2ccccc2)ncc1=[N+]([O-])[O-].